The van der Waals surface area contributed by atoms with Crippen molar-refractivity contribution >= 4 is 33.4 Å². The predicted octanol–water partition coefficient (Wildman–Crippen LogP) is 4.13. The number of benzene rings is 3. The zero-order valence-electron chi connectivity index (χ0n) is 18.6. The van der Waals surface area contributed by atoms with Crippen LogP contribution in [-0.4, -0.2) is 28.4 Å². The molecule has 33 heavy (non-hydrogen) atoms. The van der Waals surface area contributed by atoms with E-state index in [1.165, 1.54) is 16.3 Å². The fraction of sp³-hybridized carbons (Fsp3) is 0.259. The molecule has 5 rings (SSSR count). The first kappa shape index (κ1) is 21.2. The molecular weight excluding hydrogens is 410 g/mol. The van der Waals surface area contributed by atoms with Crippen molar-refractivity contribution in [1.82, 2.24) is 9.88 Å². The van der Waals surface area contributed by atoms with Gasteiger partial charge in [-0.25, -0.2) is 0 Å². The molecule has 1 aliphatic carbocycles. The van der Waals surface area contributed by atoms with Gasteiger partial charge in [0.15, 0.2) is 0 Å². The molecule has 6 N–H and O–H groups in total. The van der Waals surface area contributed by atoms with Crippen LogP contribution in [0.2, 0.25) is 0 Å². The highest BCUT2D eigenvalue weighted by molar-refractivity contribution is 6.09. The van der Waals surface area contributed by atoms with Crippen LogP contribution in [0.5, 0.6) is 0 Å². The Kier molecular flexibility index (Phi) is 5.60. The molecular formula is C27H29N5O. The molecule has 0 unspecified atom stereocenters. The monoisotopic (exact) mass is 439 g/mol. The second-order valence-electron chi connectivity index (χ2n) is 9.04. The molecule has 168 valence electrons. The predicted molar refractivity (Wildman–Crippen MR) is 134 cm³/mol. The van der Waals surface area contributed by atoms with Crippen molar-refractivity contribution in [3.05, 3.63) is 83.6 Å². The molecule has 6 heteroatoms. The second kappa shape index (κ2) is 8.71. The summed E-state index contributed by atoms with van der Waals surface area (Å²) in [6.45, 7) is 0.616. The number of nitrogens with one attached hydrogen (secondary N) is 2. The van der Waals surface area contributed by atoms with Crippen molar-refractivity contribution in [3.8, 4) is 0 Å². The maximum atomic E-state index is 13.3. The first-order valence-electron chi connectivity index (χ1n) is 11.5. The van der Waals surface area contributed by atoms with Crippen molar-refractivity contribution in [3.63, 3.8) is 0 Å². The number of amidine groups is 1. The lowest BCUT2D eigenvalue weighted by Gasteiger charge is -2.26. The highest BCUT2D eigenvalue weighted by Gasteiger charge is 2.23. The van der Waals surface area contributed by atoms with E-state index in [4.69, 9.17) is 16.9 Å². The molecule has 0 atom stereocenters. The molecule has 0 radical (unpaired) electrons. The molecule has 0 spiro atoms. The molecule has 0 bridgehead atoms. The summed E-state index contributed by atoms with van der Waals surface area (Å²) < 4.78 is 2.09. The highest BCUT2D eigenvalue weighted by Crippen LogP contribution is 2.27. The number of hydrogen-bond acceptors (Lipinski definition) is 3. The number of amides is 1. The van der Waals surface area contributed by atoms with Gasteiger partial charge in [-0.2, -0.15) is 0 Å². The molecule has 4 aromatic rings. The molecule has 0 saturated heterocycles. The van der Waals surface area contributed by atoms with Crippen molar-refractivity contribution in [2.45, 2.75) is 44.3 Å². The summed E-state index contributed by atoms with van der Waals surface area (Å²) >= 11 is 0. The van der Waals surface area contributed by atoms with Gasteiger partial charge in [0.1, 0.15) is 5.84 Å². The van der Waals surface area contributed by atoms with E-state index in [0.717, 1.165) is 36.6 Å². The van der Waals surface area contributed by atoms with E-state index in [0.29, 0.717) is 17.7 Å². The number of fused-ring (bicyclic) bond motifs is 2. The molecule has 0 aliphatic heterocycles. The Labute approximate surface area is 193 Å². The minimum atomic E-state index is -0.0623. The van der Waals surface area contributed by atoms with E-state index in [2.05, 4.69) is 40.2 Å². The van der Waals surface area contributed by atoms with Crippen molar-refractivity contribution < 1.29 is 4.79 Å². The van der Waals surface area contributed by atoms with E-state index >= 15 is 0 Å². The first-order valence-corrected chi connectivity index (χ1v) is 11.5. The topological polar surface area (TPSA) is 110 Å². The second-order valence-corrected chi connectivity index (χ2v) is 9.04. The van der Waals surface area contributed by atoms with Crippen LogP contribution in [0.25, 0.3) is 21.7 Å². The molecule has 1 aliphatic rings. The number of aromatic nitrogens is 1. The van der Waals surface area contributed by atoms with Gasteiger partial charge in [-0.1, -0.05) is 54.6 Å². The van der Waals surface area contributed by atoms with Gasteiger partial charge in [0.25, 0.3) is 5.91 Å². The number of nitrogens with zero attached hydrogens (tertiary/aromatic N) is 1. The van der Waals surface area contributed by atoms with Gasteiger partial charge in [0.2, 0.25) is 0 Å². The van der Waals surface area contributed by atoms with Crippen molar-refractivity contribution in [2.75, 3.05) is 0 Å². The third kappa shape index (κ3) is 4.22. The Morgan fingerprint density at radius 2 is 1.76 bits per heavy atom. The summed E-state index contributed by atoms with van der Waals surface area (Å²) in [7, 11) is 0. The Morgan fingerprint density at radius 3 is 2.55 bits per heavy atom. The van der Waals surface area contributed by atoms with Crippen LogP contribution in [0.4, 0.5) is 0 Å². The summed E-state index contributed by atoms with van der Waals surface area (Å²) in [6.07, 6.45) is 5.64. The molecule has 1 saturated carbocycles. The zero-order valence-corrected chi connectivity index (χ0v) is 18.6. The molecule has 3 aromatic carbocycles. The van der Waals surface area contributed by atoms with Gasteiger partial charge in [-0.3, -0.25) is 10.2 Å². The Bertz CT molecular complexity index is 1340. The van der Waals surface area contributed by atoms with E-state index in [1.807, 2.05) is 36.5 Å². The quantitative estimate of drug-likeness (QED) is 0.277. The fourth-order valence-corrected chi connectivity index (χ4v) is 4.91. The number of nitrogens with two attached hydrogens (primary N) is 2. The van der Waals surface area contributed by atoms with Crippen LogP contribution in [0, 0.1) is 5.41 Å². The fourth-order valence-electron chi connectivity index (χ4n) is 4.91. The maximum absolute atomic E-state index is 13.3. The first-order chi connectivity index (χ1) is 16.0. The van der Waals surface area contributed by atoms with Crippen LogP contribution in [-0.2, 0) is 6.54 Å². The van der Waals surface area contributed by atoms with Gasteiger partial charge in [-0.05, 0) is 48.1 Å². The lowest BCUT2D eigenvalue weighted by Crippen LogP contribution is -2.40. The van der Waals surface area contributed by atoms with E-state index in [1.54, 1.807) is 0 Å². The number of nitrogen functional groups attached to an aromatic ring is 1. The number of carbonyl (C=O) groups excluding carboxylic acids is 1. The lowest BCUT2D eigenvalue weighted by molar-refractivity contribution is 0.0927. The number of rotatable bonds is 5. The van der Waals surface area contributed by atoms with Gasteiger partial charge in [0.05, 0.1) is 5.56 Å². The Morgan fingerprint density at radius 1 is 1.00 bits per heavy atom. The SMILES string of the molecule is N=C(N)c1ccc2c(C(=O)NC3CCC(N)CC3)cn(Cc3cccc4ccccc34)c2c1. The van der Waals surface area contributed by atoms with Crippen molar-refractivity contribution in [1.29, 1.82) is 5.41 Å². The van der Waals surface area contributed by atoms with Gasteiger partial charge in [0, 0.05) is 41.3 Å². The summed E-state index contributed by atoms with van der Waals surface area (Å²) in [6, 6.07) is 20.6. The maximum Gasteiger partial charge on any atom is 0.253 e. The largest absolute Gasteiger partial charge is 0.384 e. The average molecular weight is 440 g/mol. The summed E-state index contributed by atoms with van der Waals surface area (Å²) in [5.74, 6) is -0.0490. The summed E-state index contributed by atoms with van der Waals surface area (Å²) in [5, 5.41) is 14.3. The van der Waals surface area contributed by atoms with Crippen LogP contribution in [0.3, 0.4) is 0 Å². The Balaban J connectivity index is 1.54. The molecule has 1 fully saturated rings. The highest BCUT2D eigenvalue weighted by atomic mass is 16.1. The molecule has 6 nitrogen and oxygen atoms in total. The van der Waals surface area contributed by atoms with Crippen LogP contribution in [0.15, 0.2) is 66.9 Å². The van der Waals surface area contributed by atoms with E-state index < -0.39 is 0 Å². The molecule has 1 heterocycles. The Hall–Kier alpha value is -3.64. The zero-order chi connectivity index (χ0) is 22.9. The van der Waals surface area contributed by atoms with E-state index in [9.17, 15) is 4.79 Å². The molecule has 1 aromatic heterocycles. The van der Waals surface area contributed by atoms with E-state index in [-0.39, 0.29) is 23.8 Å². The van der Waals surface area contributed by atoms with Gasteiger partial charge >= 0.3 is 0 Å². The van der Waals surface area contributed by atoms with Gasteiger partial charge in [-0.15, -0.1) is 0 Å². The lowest BCUT2D eigenvalue weighted by atomic mass is 9.91. The summed E-state index contributed by atoms with van der Waals surface area (Å²) in [5.41, 5.74) is 15.2. The van der Waals surface area contributed by atoms with Crippen LogP contribution < -0.4 is 16.8 Å². The van der Waals surface area contributed by atoms with Crippen molar-refractivity contribution in [2.24, 2.45) is 11.5 Å². The number of hydrogen-bond donors (Lipinski definition) is 4. The minimum Gasteiger partial charge on any atom is -0.384 e. The van der Waals surface area contributed by atoms with Crippen LogP contribution in [0.1, 0.15) is 47.2 Å². The smallest absolute Gasteiger partial charge is 0.253 e. The summed E-state index contributed by atoms with van der Waals surface area (Å²) in [4.78, 5) is 13.3. The average Bonchev–Trinajstić information content (AvgIpc) is 3.18. The number of carbonyl (C=O) groups is 1. The standard InChI is InChI=1S/C27H29N5O/c28-20-9-11-21(12-10-20)31-27(33)24-16-32(25-14-18(26(29)30)8-13-23(24)25)15-19-6-3-5-17-4-1-2-7-22(17)19/h1-8,13-14,16,20-21H,9-12,15,28H2,(H3,29,30)(H,31,33). The normalized spacial score (nSPS) is 18.5. The van der Waals surface area contributed by atoms with Gasteiger partial charge < -0.3 is 21.4 Å². The minimum absolute atomic E-state index is 0.0133. The third-order valence-electron chi connectivity index (χ3n) is 6.77. The molecule has 1 amide bonds. The third-order valence-corrected chi connectivity index (χ3v) is 6.77. The van der Waals surface area contributed by atoms with Crippen LogP contribution >= 0.6 is 0 Å².